The van der Waals surface area contributed by atoms with E-state index in [1.807, 2.05) is 31.2 Å². The largest absolute Gasteiger partial charge is 0.465 e. The van der Waals surface area contributed by atoms with Crippen LogP contribution in [0.25, 0.3) is 0 Å². The number of benzene rings is 2. The van der Waals surface area contributed by atoms with Crippen molar-refractivity contribution in [3.8, 4) is 0 Å². The summed E-state index contributed by atoms with van der Waals surface area (Å²) in [5.41, 5.74) is 2.50. The Morgan fingerprint density at radius 2 is 1.54 bits per heavy atom. The Kier molecular flexibility index (Phi) is 6.42. The third-order valence-electron chi connectivity index (χ3n) is 4.94. The SMILES string of the molecule is CCOC(=O)[C@@H]1CN(Cc2ccccc2)C[C@H](C)N1Cc1ccccc1. The maximum atomic E-state index is 12.7. The van der Waals surface area contributed by atoms with Gasteiger partial charge in [0.25, 0.3) is 0 Å². The van der Waals surface area contributed by atoms with E-state index in [0.717, 1.165) is 19.6 Å². The minimum atomic E-state index is -0.234. The molecule has 0 aliphatic carbocycles. The number of rotatable bonds is 6. The molecule has 0 radical (unpaired) electrons. The summed E-state index contributed by atoms with van der Waals surface area (Å²) in [6.07, 6.45) is 0. The van der Waals surface area contributed by atoms with E-state index in [1.165, 1.54) is 11.1 Å². The Morgan fingerprint density at radius 3 is 2.12 bits per heavy atom. The number of carbonyl (C=O) groups is 1. The molecule has 2 atom stereocenters. The minimum absolute atomic E-state index is 0.118. The second-order valence-electron chi connectivity index (χ2n) is 6.95. The van der Waals surface area contributed by atoms with Crippen LogP contribution in [0.5, 0.6) is 0 Å². The van der Waals surface area contributed by atoms with Gasteiger partial charge in [-0.1, -0.05) is 60.7 Å². The molecule has 1 fully saturated rings. The van der Waals surface area contributed by atoms with Crippen LogP contribution in [0.1, 0.15) is 25.0 Å². The number of nitrogens with zero attached hydrogens (tertiary/aromatic N) is 2. The molecule has 4 nitrogen and oxygen atoms in total. The van der Waals surface area contributed by atoms with Crippen molar-refractivity contribution in [3.05, 3.63) is 71.8 Å². The van der Waals surface area contributed by atoms with Crippen molar-refractivity contribution in [2.75, 3.05) is 19.7 Å². The Bertz CT molecular complexity index is 690. The van der Waals surface area contributed by atoms with Crippen LogP contribution in [0, 0.1) is 0 Å². The normalized spacial score (nSPS) is 21.5. The summed E-state index contributed by atoms with van der Waals surface area (Å²) in [5, 5.41) is 0. The van der Waals surface area contributed by atoms with Crippen molar-refractivity contribution in [1.82, 2.24) is 9.80 Å². The fourth-order valence-corrected chi connectivity index (χ4v) is 3.69. The molecule has 2 aromatic carbocycles. The van der Waals surface area contributed by atoms with Crippen LogP contribution >= 0.6 is 0 Å². The van der Waals surface area contributed by atoms with Gasteiger partial charge in [0, 0.05) is 32.2 Å². The van der Waals surface area contributed by atoms with Crippen molar-refractivity contribution in [2.24, 2.45) is 0 Å². The molecule has 0 N–H and O–H groups in total. The zero-order valence-corrected chi connectivity index (χ0v) is 15.7. The fraction of sp³-hybridized carbons (Fsp3) is 0.409. The van der Waals surface area contributed by atoms with Gasteiger partial charge in [-0.2, -0.15) is 0 Å². The molecule has 2 aromatic rings. The molecular formula is C22H28N2O2. The summed E-state index contributed by atoms with van der Waals surface area (Å²) in [4.78, 5) is 17.3. The Labute approximate surface area is 156 Å². The third kappa shape index (κ3) is 4.71. The molecular weight excluding hydrogens is 324 g/mol. The summed E-state index contributed by atoms with van der Waals surface area (Å²) in [6.45, 7) is 7.76. The zero-order valence-electron chi connectivity index (χ0n) is 15.7. The molecule has 0 spiro atoms. The first-order valence-corrected chi connectivity index (χ1v) is 9.40. The standard InChI is InChI=1S/C22H28N2O2/c1-3-26-22(25)21-17-23(15-19-10-6-4-7-11-19)14-18(2)24(21)16-20-12-8-5-9-13-20/h4-13,18,21H,3,14-17H2,1-2H3/t18-,21-/m0/s1. The molecule has 0 saturated carbocycles. The minimum Gasteiger partial charge on any atom is -0.465 e. The number of ether oxygens (including phenoxy) is 1. The first-order valence-electron chi connectivity index (χ1n) is 9.40. The highest BCUT2D eigenvalue weighted by Crippen LogP contribution is 2.22. The van der Waals surface area contributed by atoms with Crippen molar-refractivity contribution in [3.63, 3.8) is 0 Å². The molecule has 0 amide bonds. The topological polar surface area (TPSA) is 32.8 Å². The number of hydrogen-bond donors (Lipinski definition) is 0. The predicted molar refractivity (Wildman–Crippen MR) is 104 cm³/mol. The van der Waals surface area contributed by atoms with Crippen LogP contribution in [0.15, 0.2) is 60.7 Å². The zero-order chi connectivity index (χ0) is 18.4. The predicted octanol–water partition coefficient (Wildman–Crippen LogP) is 3.32. The van der Waals surface area contributed by atoms with E-state index in [4.69, 9.17) is 4.74 Å². The molecule has 26 heavy (non-hydrogen) atoms. The van der Waals surface area contributed by atoms with Gasteiger partial charge in [0.2, 0.25) is 0 Å². The lowest BCUT2D eigenvalue weighted by Crippen LogP contribution is -2.60. The first kappa shape index (κ1) is 18.6. The average molecular weight is 352 g/mol. The van der Waals surface area contributed by atoms with Crippen LogP contribution in [-0.4, -0.2) is 47.5 Å². The highest BCUT2D eigenvalue weighted by molar-refractivity contribution is 5.76. The maximum Gasteiger partial charge on any atom is 0.324 e. The number of piperazine rings is 1. The van der Waals surface area contributed by atoms with Crippen LogP contribution in [0.3, 0.4) is 0 Å². The molecule has 1 aliphatic rings. The molecule has 0 bridgehead atoms. The van der Waals surface area contributed by atoms with Gasteiger partial charge in [0.05, 0.1) is 6.61 Å². The third-order valence-corrected chi connectivity index (χ3v) is 4.94. The Balaban J connectivity index is 1.75. The van der Waals surface area contributed by atoms with E-state index < -0.39 is 0 Å². The summed E-state index contributed by atoms with van der Waals surface area (Å²) in [5.74, 6) is -0.118. The highest BCUT2D eigenvalue weighted by atomic mass is 16.5. The lowest BCUT2D eigenvalue weighted by Gasteiger charge is -2.44. The number of esters is 1. The van der Waals surface area contributed by atoms with Crippen LogP contribution in [-0.2, 0) is 22.6 Å². The second-order valence-corrected chi connectivity index (χ2v) is 6.95. The fourth-order valence-electron chi connectivity index (χ4n) is 3.69. The molecule has 0 aromatic heterocycles. The summed E-state index contributed by atoms with van der Waals surface area (Å²) >= 11 is 0. The van der Waals surface area contributed by atoms with Crippen LogP contribution < -0.4 is 0 Å². The van der Waals surface area contributed by atoms with E-state index >= 15 is 0 Å². The quantitative estimate of drug-likeness (QED) is 0.747. The molecule has 0 unspecified atom stereocenters. The van der Waals surface area contributed by atoms with E-state index in [1.54, 1.807) is 0 Å². The molecule has 4 heteroatoms. The van der Waals surface area contributed by atoms with E-state index in [2.05, 4.69) is 53.1 Å². The van der Waals surface area contributed by atoms with Crippen molar-refractivity contribution in [1.29, 1.82) is 0 Å². The number of carbonyl (C=O) groups excluding carboxylic acids is 1. The first-order chi connectivity index (χ1) is 12.7. The lowest BCUT2D eigenvalue weighted by atomic mass is 10.0. The highest BCUT2D eigenvalue weighted by Gasteiger charge is 2.37. The van der Waals surface area contributed by atoms with Gasteiger partial charge in [-0.25, -0.2) is 0 Å². The van der Waals surface area contributed by atoms with E-state index in [9.17, 15) is 4.79 Å². The smallest absolute Gasteiger partial charge is 0.324 e. The Hall–Kier alpha value is -2.17. The molecule has 138 valence electrons. The molecule has 3 rings (SSSR count). The van der Waals surface area contributed by atoms with Gasteiger partial charge in [-0.05, 0) is 25.0 Å². The van der Waals surface area contributed by atoms with Gasteiger partial charge in [-0.3, -0.25) is 14.6 Å². The van der Waals surface area contributed by atoms with E-state index in [-0.39, 0.29) is 18.1 Å². The summed E-state index contributed by atoms with van der Waals surface area (Å²) in [7, 11) is 0. The summed E-state index contributed by atoms with van der Waals surface area (Å²) in [6, 6.07) is 20.8. The second kappa shape index (κ2) is 8.97. The van der Waals surface area contributed by atoms with Crippen LogP contribution in [0.4, 0.5) is 0 Å². The Morgan fingerprint density at radius 1 is 0.962 bits per heavy atom. The lowest BCUT2D eigenvalue weighted by molar-refractivity contribution is -0.154. The van der Waals surface area contributed by atoms with Crippen molar-refractivity contribution in [2.45, 2.75) is 39.0 Å². The van der Waals surface area contributed by atoms with Gasteiger partial charge < -0.3 is 4.74 Å². The van der Waals surface area contributed by atoms with Gasteiger partial charge in [-0.15, -0.1) is 0 Å². The maximum absolute atomic E-state index is 12.7. The van der Waals surface area contributed by atoms with Crippen LogP contribution in [0.2, 0.25) is 0 Å². The molecule has 1 heterocycles. The number of hydrogen-bond acceptors (Lipinski definition) is 4. The molecule has 1 saturated heterocycles. The molecule has 1 aliphatic heterocycles. The van der Waals surface area contributed by atoms with Crippen molar-refractivity contribution >= 4 is 5.97 Å². The monoisotopic (exact) mass is 352 g/mol. The van der Waals surface area contributed by atoms with E-state index in [0.29, 0.717) is 13.2 Å². The van der Waals surface area contributed by atoms with Gasteiger partial charge in [0.15, 0.2) is 0 Å². The van der Waals surface area contributed by atoms with Gasteiger partial charge in [0.1, 0.15) is 6.04 Å². The van der Waals surface area contributed by atoms with Crippen molar-refractivity contribution < 1.29 is 9.53 Å². The average Bonchev–Trinajstić information content (AvgIpc) is 2.65. The van der Waals surface area contributed by atoms with Gasteiger partial charge >= 0.3 is 5.97 Å². The summed E-state index contributed by atoms with van der Waals surface area (Å²) < 4.78 is 5.39.